The largest absolute Gasteiger partial charge is 0.396 e. The predicted molar refractivity (Wildman–Crippen MR) is 57.2 cm³/mol. The van der Waals surface area contributed by atoms with E-state index in [0.717, 1.165) is 30.8 Å². The Morgan fingerprint density at radius 3 is 2.86 bits per heavy atom. The Morgan fingerprint density at radius 2 is 2.36 bits per heavy atom. The molecule has 1 heterocycles. The third-order valence-electron chi connectivity index (χ3n) is 3.23. The van der Waals surface area contributed by atoms with Crippen molar-refractivity contribution >= 4 is 17.7 Å². The summed E-state index contributed by atoms with van der Waals surface area (Å²) in [4.78, 5) is 11.6. The molecule has 0 spiro atoms. The lowest BCUT2D eigenvalue weighted by molar-refractivity contribution is -0.124. The van der Waals surface area contributed by atoms with E-state index in [9.17, 15) is 4.79 Å². The maximum atomic E-state index is 11.6. The number of carbonyl (C=O) groups is 1. The van der Waals surface area contributed by atoms with Crippen molar-refractivity contribution in [3.63, 3.8) is 0 Å². The number of hydrogen-bond acceptors (Lipinski definition) is 3. The molecule has 0 radical (unpaired) electrons. The molecule has 3 nitrogen and oxygen atoms in total. The molecule has 80 valence electrons. The molecule has 1 amide bonds. The van der Waals surface area contributed by atoms with Crippen molar-refractivity contribution < 1.29 is 9.90 Å². The van der Waals surface area contributed by atoms with Gasteiger partial charge in [0.15, 0.2) is 0 Å². The third kappa shape index (κ3) is 2.23. The first kappa shape index (κ1) is 10.3. The van der Waals surface area contributed by atoms with Gasteiger partial charge in [-0.3, -0.25) is 4.79 Å². The molecular weight excluding hydrogens is 198 g/mol. The second kappa shape index (κ2) is 4.11. The number of carbonyl (C=O) groups excluding carboxylic acids is 1. The fourth-order valence-corrected chi connectivity index (χ4v) is 2.95. The molecule has 14 heavy (non-hydrogen) atoms. The van der Waals surface area contributed by atoms with Crippen LogP contribution in [0.4, 0.5) is 0 Å². The van der Waals surface area contributed by atoms with E-state index < -0.39 is 0 Å². The predicted octanol–water partition coefficient (Wildman–Crippen LogP) is 0.628. The summed E-state index contributed by atoms with van der Waals surface area (Å²) in [5, 5.41) is 12.0. The normalized spacial score (nSPS) is 28.8. The number of hydrogen-bond donors (Lipinski definition) is 2. The summed E-state index contributed by atoms with van der Waals surface area (Å²) >= 11 is 1.86. The summed E-state index contributed by atoms with van der Waals surface area (Å²) in [6.07, 6.45) is 3.13. The Hall–Kier alpha value is -0.220. The molecule has 0 aromatic rings. The van der Waals surface area contributed by atoms with Crippen LogP contribution in [0.15, 0.2) is 0 Å². The van der Waals surface area contributed by atoms with Gasteiger partial charge in [0, 0.05) is 23.6 Å². The molecule has 1 atom stereocenters. The summed E-state index contributed by atoms with van der Waals surface area (Å²) in [7, 11) is 0. The van der Waals surface area contributed by atoms with Crippen molar-refractivity contribution in [2.24, 2.45) is 11.3 Å². The second-order valence-corrected chi connectivity index (χ2v) is 5.59. The van der Waals surface area contributed by atoms with E-state index >= 15 is 0 Å². The zero-order valence-corrected chi connectivity index (χ0v) is 9.11. The Balaban J connectivity index is 1.72. The van der Waals surface area contributed by atoms with Gasteiger partial charge in [-0.15, -0.1) is 0 Å². The van der Waals surface area contributed by atoms with Gasteiger partial charge in [-0.05, 0) is 25.0 Å². The summed E-state index contributed by atoms with van der Waals surface area (Å²) in [5.74, 6) is 2.49. The lowest BCUT2D eigenvalue weighted by atomic mass is 10.1. The van der Waals surface area contributed by atoms with Crippen LogP contribution in [0, 0.1) is 11.3 Å². The Kier molecular flexibility index (Phi) is 3.02. The highest BCUT2D eigenvalue weighted by molar-refractivity contribution is 7.99. The van der Waals surface area contributed by atoms with Crippen LogP contribution in [0.25, 0.3) is 0 Å². The number of rotatable bonds is 4. The van der Waals surface area contributed by atoms with Gasteiger partial charge in [-0.1, -0.05) is 0 Å². The van der Waals surface area contributed by atoms with E-state index in [1.807, 2.05) is 11.8 Å². The Bertz CT molecular complexity index is 222. The highest BCUT2D eigenvalue weighted by atomic mass is 32.2. The van der Waals surface area contributed by atoms with Crippen molar-refractivity contribution in [2.45, 2.75) is 19.3 Å². The third-order valence-corrected chi connectivity index (χ3v) is 4.39. The van der Waals surface area contributed by atoms with Crippen LogP contribution in [0.1, 0.15) is 19.3 Å². The Morgan fingerprint density at radius 1 is 1.57 bits per heavy atom. The van der Waals surface area contributed by atoms with Crippen molar-refractivity contribution in [1.29, 1.82) is 0 Å². The van der Waals surface area contributed by atoms with Crippen LogP contribution < -0.4 is 5.32 Å². The molecule has 1 aliphatic carbocycles. The van der Waals surface area contributed by atoms with E-state index in [4.69, 9.17) is 5.11 Å². The van der Waals surface area contributed by atoms with Crippen molar-refractivity contribution in [3.05, 3.63) is 0 Å². The van der Waals surface area contributed by atoms with Gasteiger partial charge in [0.2, 0.25) is 5.91 Å². The summed E-state index contributed by atoms with van der Waals surface area (Å²) in [6.45, 7) is 0.885. The molecule has 1 saturated heterocycles. The van der Waals surface area contributed by atoms with Crippen molar-refractivity contribution in [2.75, 3.05) is 24.7 Å². The Labute approximate surface area is 88.6 Å². The van der Waals surface area contributed by atoms with Gasteiger partial charge < -0.3 is 10.4 Å². The summed E-state index contributed by atoms with van der Waals surface area (Å²) < 4.78 is 0. The van der Waals surface area contributed by atoms with Crippen molar-refractivity contribution in [3.8, 4) is 0 Å². The zero-order valence-electron chi connectivity index (χ0n) is 8.29. The second-order valence-electron chi connectivity index (χ2n) is 4.44. The fourth-order valence-electron chi connectivity index (χ4n) is 1.73. The van der Waals surface area contributed by atoms with Crippen LogP contribution in [0.2, 0.25) is 0 Å². The van der Waals surface area contributed by atoms with Crippen LogP contribution >= 0.6 is 11.8 Å². The average molecular weight is 215 g/mol. The van der Waals surface area contributed by atoms with Gasteiger partial charge in [-0.25, -0.2) is 0 Å². The molecule has 2 aliphatic rings. The summed E-state index contributed by atoms with van der Waals surface area (Å²) in [6, 6.07) is 0. The summed E-state index contributed by atoms with van der Waals surface area (Å²) in [5.41, 5.74) is 0.0431. The van der Waals surface area contributed by atoms with Crippen LogP contribution in [-0.2, 0) is 4.79 Å². The molecule has 0 aromatic carbocycles. The molecule has 1 saturated carbocycles. The maximum Gasteiger partial charge on any atom is 0.223 e. The fraction of sp³-hybridized carbons (Fsp3) is 0.900. The number of amides is 1. The van der Waals surface area contributed by atoms with Gasteiger partial charge in [0.05, 0.1) is 6.61 Å². The number of thioether (sulfide) groups is 1. The monoisotopic (exact) mass is 215 g/mol. The molecular formula is C10H17NO2S. The highest BCUT2D eigenvalue weighted by Crippen LogP contribution is 2.44. The highest BCUT2D eigenvalue weighted by Gasteiger charge is 2.42. The lowest BCUT2D eigenvalue weighted by Crippen LogP contribution is -2.36. The molecule has 2 rings (SSSR count). The SMILES string of the molecule is O=C(NCC1(CO)CC1)C1CCSC1. The van der Waals surface area contributed by atoms with Crippen LogP contribution in [0.5, 0.6) is 0 Å². The molecule has 0 aromatic heterocycles. The van der Waals surface area contributed by atoms with Gasteiger partial charge in [-0.2, -0.15) is 11.8 Å². The lowest BCUT2D eigenvalue weighted by Gasteiger charge is -2.15. The van der Waals surface area contributed by atoms with E-state index in [-0.39, 0.29) is 23.8 Å². The van der Waals surface area contributed by atoms with E-state index in [1.165, 1.54) is 0 Å². The van der Waals surface area contributed by atoms with Crippen LogP contribution in [0.3, 0.4) is 0 Å². The molecule has 4 heteroatoms. The smallest absolute Gasteiger partial charge is 0.223 e. The van der Waals surface area contributed by atoms with Crippen molar-refractivity contribution in [1.82, 2.24) is 5.32 Å². The topological polar surface area (TPSA) is 49.3 Å². The molecule has 2 fully saturated rings. The van der Waals surface area contributed by atoms with Gasteiger partial charge in [0.25, 0.3) is 0 Å². The van der Waals surface area contributed by atoms with E-state index in [2.05, 4.69) is 5.32 Å². The average Bonchev–Trinajstić information content (AvgIpc) is 2.78. The van der Waals surface area contributed by atoms with Crippen LogP contribution in [-0.4, -0.2) is 35.7 Å². The zero-order chi connectivity index (χ0) is 10.0. The molecule has 1 unspecified atom stereocenters. The molecule has 2 N–H and O–H groups in total. The minimum Gasteiger partial charge on any atom is -0.396 e. The first-order chi connectivity index (χ1) is 6.76. The minimum atomic E-state index is 0.0431. The minimum absolute atomic E-state index is 0.0431. The number of nitrogens with one attached hydrogen (secondary N) is 1. The van der Waals surface area contributed by atoms with Gasteiger partial charge in [0.1, 0.15) is 0 Å². The van der Waals surface area contributed by atoms with E-state index in [0.29, 0.717) is 6.54 Å². The number of aliphatic hydroxyl groups is 1. The van der Waals surface area contributed by atoms with Gasteiger partial charge >= 0.3 is 0 Å². The quantitative estimate of drug-likeness (QED) is 0.723. The molecule has 0 bridgehead atoms. The van der Waals surface area contributed by atoms with E-state index in [1.54, 1.807) is 0 Å². The first-order valence-corrected chi connectivity index (χ1v) is 6.38. The standard InChI is InChI=1S/C10H17NO2S/c12-7-10(2-3-10)6-11-9(13)8-1-4-14-5-8/h8,12H,1-7H2,(H,11,13). The maximum absolute atomic E-state index is 11.6. The first-order valence-electron chi connectivity index (χ1n) is 5.22. The molecule has 1 aliphatic heterocycles. The number of aliphatic hydroxyl groups excluding tert-OH is 1.